The molecule has 1 aromatic heterocycles. The fourth-order valence-corrected chi connectivity index (χ4v) is 3.48. The Morgan fingerprint density at radius 3 is 3.16 bits per heavy atom. The monoisotopic (exact) mass is 338 g/mol. The van der Waals surface area contributed by atoms with Gasteiger partial charge in [0.1, 0.15) is 11.9 Å². The molecule has 5 heteroatoms. The summed E-state index contributed by atoms with van der Waals surface area (Å²) in [4.78, 5) is 5.34. The van der Waals surface area contributed by atoms with E-state index in [2.05, 4.69) is 39.2 Å². The molecule has 2 aromatic rings. The third kappa shape index (κ3) is 2.68. The van der Waals surface area contributed by atoms with E-state index in [1.165, 1.54) is 10.4 Å². The molecule has 0 fully saturated rings. The van der Waals surface area contributed by atoms with Crippen LogP contribution in [0.4, 0.5) is 0 Å². The minimum atomic E-state index is 0.102. The zero-order valence-electron chi connectivity index (χ0n) is 10.6. The highest BCUT2D eigenvalue weighted by atomic mass is 79.9. The molecule has 2 atom stereocenters. The summed E-state index contributed by atoms with van der Waals surface area (Å²) < 4.78 is 7.21. The lowest BCUT2D eigenvalue weighted by atomic mass is 9.96. The number of hydrogen-bond acceptors (Lipinski definition) is 4. The van der Waals surface area contributed by atoms with Crippen molar-refractivity contribution in [3.8, 4) is 5.75 Å². The van der Waals surface area contributed by atoms with Crippen LogP contribution in [0.2, 0.25) is 0 Å². The van der Waals surface area contributed by atoms with E-state index in [1.807, 2.05) is 23.8 Å². The Bertz CT molecular complexity index is 559. The minimum Gasteiger partial charge on any atom is -0.484 e. The van der Waals surface area contributed by atoms with E-state index >= 15 is 0 Å². The fourth-order valence-electron chi connectivity index (χ4n) is 2.44. The summed E-state index contributed by atoms with van der Waals surface area (Å²) in [5.41, 5.74) is 3.09. The summed E-state index contributed by atoms with van der Waals surface area (Å²) in [6.07, 6.45) is 2.95. The van der Waals surface area contributed by atoms with Gasteiger partial charge in [0.2, 0.25) is 0 Å². The Hall–Kier alpha value is -0.910. The molecule has 100 valence electrons. The van der Waals surface area contributed by atoms with Crippen LogP contribution in [0, 0.1) is 0 Å². The molecule has 1 N–H and O–H groups in total. The number of rotatable bonds is 3. The Morgan fingerprint density at radius 2 is 2.42 bits per heavy atom. The molecule has 0 amide bonds. The van der Waals surface area contributed by atoms with Gasteiger partial charge < -0.3 is 10.1 Å². The van der Waals surface area contributed by atoms with E-state index in [-0.39, 0.29) is 6.10 Å². The molecule has 1 aliphatic rings. The average Bonchev–Trinajstić information content (AvgIpc) is 2.93. The molecule has 0 spiro atoms. The van der Waals surface area contributed by atoms with Crippen LogP contribution in [0.25, 0.3) is 0 Å². The van der Waals surface area contributed by atoms with Crippen molar-refractivity contribution < 1.29 is 4.74 Å². The Kier molecular flexibility index (Phi) is 3.86. The van der Waals surface area contributed by atoms with Crippen LogP contribution in [0.5, 0.6) is 5.75 Å². The predicted octanol–water partition coefficient (Wildman–Crippen LogP) is 4.08. The van der Waals surface area contributed by atoms with Gasteiger partial charge in [-0.3, -0.25) is 4.98 Å². The first-order valence-electron chi connectivity index (χ1n) is 6.35. The molecular formula is C14H15BrN2OS. The number of benzene rings is 1. The molecule has 1 aromatic carbocycles. The summed E-state index contributed by atoms with van der Waals surface area (Å²) in [6, 6.07) is 6.54. The van der Waals surface area contributed by atoms with Gasteiger partial charge in [-0.15, -0.1) is 11.3 Å². The molecule has 19 heavy (non-hydrogen) atoms. The number of nitrogens with one attached hydrogen (secondary N) is 1. The average molecular weight is 339 g/mol. The van der Waals surface area contributed by atoms with Crippen molar-refractivity contribution in [3.05, 3.63) is 44.8 Å². The first kappa shape index (κ1) is 13.1. The highest BCUT2D eigenvalue weighted by Crippen LogP contribution is 2.42. The maximum Gasteiger partial charge on any atom is 0.136 e. The van der Waals surface area contributed by atoms with E-state index < -0.39 is 0 Å². The molecule has 3 nitrogen and oxygen atoms in total. The molecule has 3 rings (SSSR count). The van der Waals surface area contributed by atoms with Crippen LogP contribution in [-0.2, 0) is 0 Å². The zero-order valence-corrected chi connectivity index (χ0v) is 13.0. The zero-order chi connectivity index (χ0) is 13.2. The fraction of sp³-hybridized carbons (Fsp3) is 0.357. The quantitative estimate of drug-likeness (QED) is 0.915. The van der Waals surface area contributed by atoms with Crippen molar-refractivity contribution >= 4 is 27.3 Å². The lowest BCUT2D eigenvalue weighted by molar-refractivity contribution is 0.155. The second kappa shape index (κ2) is 5.61. The number of ether oxygens (including phenoxy) is 1. The van der Waals surface area contributed by atoms with Gasteiger partial charge in [0.25, 0.3) is 0 Å². The Morgan fingerprint density at radius 1 is 1.53 bits per heavy atom. The van der Waals surface area contributed by atoms with E-state index in [1.54, 1.807) is 11.3 Å². The molecule has 2 heterocycles. The van der Waals surface area contributed by atoms with Crippen LogP contribution in [0.3, 0.4) is 0 Å². The van der Waals surface area contributed by atoms with Crippen LogP contribution in [0.15, 0.2) is 34.4 Å². The lowest BCUT2D eigenvalue weighted by Gasteiger charge is -2.32. The lowest BCUT2D eigenvalue weighted by Crippen LogP contribution is -2.28. The number of nitrogens with zero attached hydrogens (tertiary/aromatic N) is 1. The van der Waals surface area contributed by atoms with E-state index in [0.717, 1.165) is 23.2 Å². The van der Waals surface area contributed by atoms with Gasteiger partial charge in [0.15, 0.2) is 0 Å². The summed E-state index contributed by atoms with van der Waals surface area (Å²) >= 11 is 5.19. The van der Waals surface area contributed by atoms with Gasteiger partial charge in [-0.2, -0.15) is 0 Å². The Balaban J connectivity index is 1.95. The first-order valence-corrected chi connectivity index (χ1v) is 8.03. The van der Waals surface area contributed by atoms with Gasteiger partial charge in [-0.25, -0.2) is 0 Å². The second-order valence-electron chi connectivity index (χ2n) is 4.54. The summed E-state index contributed by atoms with van der Waals surface area (Å²) in [5.74, 6) is 0.971. The molecule has 0 radical (unpaired) electrons. The summed E-state index contributed by atoms with van der Waals surface area (Å²) in [5, 5.41) is 3.54. The maximum atomic E-state index is 6.12. The molecule has 0 bridgehead atoms. The van der Waals surface area contributed by atoms with Gasteiger partial charge in [-0.05, 0) is 24.7 Å². The molecular weight excluding hydrogens is 324 g/mol. The van der Waals surface area contributed by atoms with E-state index in [0.29, 0.717) is 6.04 Å². The van der Waals surface area contributed by atoms with E-state index in [9.17, 15) is 0 Å². The van der Waals surface area contributed by atoms with Crippen molar-refractivity contribution in [2.75, 3.05) is 6.54 Å². The van der Waals surface area contributed by atoms with Gasteiger partial charge in [0, 0.05) is 28.7 Å². The third-order valence-corrected chi connectivity index (χ3v) is 4.65. The van der Waals surface area contributed by atoms with Crippen LogP contribution >= 0.6 is 27.3 Å². The molecule has 0 saturated carbocycles. The molecule has 0 aliphatic carbocycles. The minimum absolute atomic E-state index is 0.102. The normalized spacial score (nSPS) is 21.8. The van der Waals surface area contributed by atoms with Crippen molar-refractivity contribution in [2.45, 2.75) is 25.5 Å². The highest BCUT2D eigenvalue weighted by molar-refractivity contribution is 9.10. The SMILES string of the molecule is CCNC1CC(c2cncs2)Oc2ccc(Br)cc21. The van der Waals surface area contributed by atoms with Crippen molar-refractivity contribution in [1.29, 1.82) is 0 Å². The van der Waals surface area contributed by atoms with Crippen molar-refractivity contribution in [1.82, 2.24) is 10.3 Å². The first-order chi connectivity index (χ1) is 9.28. The highest BCUT2D eigenvalue weighted by Gasteiger charge is 2.29. The van der Waals surface area contributed by atoms with Gasteiger partial charge in [-0.1, -0.05) is 22.9 Å². The second-order valence-corrected chi connectivity index (χ2v) is 6.37. The number of halogens is 1. The largest absolute Gasteiger partial charge is 0.484 e. The molecule has 1 aliphatic heterocycles. The Labute approximate surface area is 125 Å². The van der Waals surface area contributed by atoms with Gasteiger partial charge >= 0.3 is 0 Å². The number of thiazole rings is 1. The van der Waals surface area contributed by atoms with Gasteiger partial charge in [0.05, 0.1) is 10.4 Å². The van der Waals surface area contributed by atoms with Crippen LogP contribution in [0.1, 0.15) is 35.9 Å². The topological polar surface area (TPSA) is 34.2 Å². The summed E-state index contributed by atoms with van der Waals surface area (Å²) in [6.45, 7) is 3.08. The molecule has 2 unspecified atom stereocenters. The third-order valence-electron chi connectivity index (χ3n) is 3.29. The standard InChI is InChI=1S/C14H15BrN2OS/c1-2-17-11-6-13(14-7-16-8-19-14)18-12-4-3-9(15)5-10(11)12/h3-5,7-8,11,13,17H,2,6H2,1H3. The molecule has 0 saturated heterocycles. The van der Waals surface area contributed by atoms with E-state index in [4.69, 9.17) is 4.74 Å². The van der Waals surface area contributed by atoms with Crippen molar-refractivity contribution in [2.24, 2.45) is 0 Å². The predicted molar refractivity (Wildman–Crippen MR) is 80.7 cm³/mol. The number of fused-ring (bicyclic) bond motifs is 1. The number of aromatic nitrogens is 1. The van der Waals surface area contributed by atoms with Crippen LogP contribution in [-0.4, -0.2) is 11.5 Å². The summed E-state index contributed by atoms with van der Waals surface area (Å²) in [7, 11) is 0. The smallest absolute Gasteiger partial charge is 0.136 e. The van der Waals surface area contributed by atoms with Crippen molar-refractivity contribution in [3.63, 3.8) is 0 Å². The maximum absolute atomic E-state index is 6.12. The van der Waals surface area contributed by atoms with Crippen LogP contribution < -0.4 is 10.1 Å². The number of hydrogen-bond donors (Lipinski definition) is 1.